The predicted octanol–water partition coefficient (Wildman–Crippen LogP) is 3.49. The van der Waals surface area contributed by atoms with Gasteiger partial charge in [0.15, 0.2) is 0 Å². The molecular formula is C23H29N3O3. The second-order valence-corrected chi connectivity index (χ2v) is 7.39. The van der Waals surface area contributed by atoms with Crippen LogP contribution in [0.1, 0.15) is 48.0 Å². The molecule has 0 spiro atoms. The van der Waals surface area contributed by atoms with Crippen LogP contribution in [0.3, 0.4) is 0 Å². The minimum atomic E-state index is -0.150. The van der Waals surface area contributed by atoms with Gasteiger partial charge in [-0.15, -0.1) is 0 Å². The first-order valence-electron chi connectivity index (χ1n) is 10.2. The lowest BCUT2D eigenvalue weighted by atomic mass is 9.95. The third kappa shape index (κ3) is 6.61. The highest BCUT2D eigenvalue weighted by Gasteiger charge is 2.17. The average Bonchev–Trinajstić information content (AvgIpc) is 2.75. The Balaban J connectivity index is 1.45. The quantitative estimate of drug-likeness (QED) is 0.639. The minimum absolute atomic E-state index is 0.0781. The number of nitrogens with one attached hydrogen (secondary N) is 3. The summed E-state index contributed by atoms with van der Waals surface area (Å²) in [5.74, 6) is 0.577. The minimum Gasteiger partial charge on any atom is -0.497 e. The molecule has 6 nitrogen and oxygen atoms in total. The van der Waals surface area contributed by atoms with Crippen LogP contribution in [0, 0.1) is 0 Å². The van der Waals surface area contributed by atoms with Crippen LogP contribution >= 0.6 is 0 Å². The molecule has 29 heavy (non-hydrogen) atoms. The zero-order chi connectivity index (χ0) is 20.5. The van der Waals surface area contributed by atoms with Crippen molar-refractivity contribution >= 4 is 17.5 Å². The fraction of sp³-hybridized carbons (Fsp3) is 0.391. The van der Waals surface area contributed by atoms with Crippen molar-refractivity contribution in [1.29, 1.82) is 0 Å². The van der Waals surface area contributed by atoms with Crippen molar-refractivity contribution in [3.8, 4) is 5.75 Å². The molecule has 0 bridgehead atoms. The number of ether oxygens (including phenoxy) is 1. The zero-order valence-corrected chi connectivity index (χ0v) is 16.9. The molecule has 0 atom stereocenters. The number of amides is 2. The van der Waals surface area contributed by atoms with Gasteiger partial charge < -0.3 is 20.7 Å². The summed E-state index contributed by atoms with van der Waals surface area (Å²) in [5.41, 5.74) is 2.26. The van der Waals surface area contributed by atoms with Crippen molar-refractivity contribution in [2.45, 2.75) is 44.7 Å². The van der Waals surface area contributed by atoms with E-state index in [-0.39, 0.29) is 24.4 Å². The number of anilines is 1. The molecule has 1 aliphatic rings. The molecule has 6 heteroatoms. The molecule has 1 fully saturated rings. The number of hydrogen-bond acceptors (Lipinski definition) is 4. The monoisotopic (exact) mass is 395 g/mol. The van der Waals surface area contributed by atoms with Crippen molar-refractivity contribution in [3.63, 3.8) is 0 Å². The van der Waals surface area contributed by atoms with Gasteiger partial charge in [-0.2, -0.15) is 0 Å². The predicted molar refractivity (Wildman–Crippen MR) is 114 cm³/mol. The van der Waals surface area contributed by atoms with E-state index in [0.29, 0.717) is 17.8 Å². The maximum Gasteiger partial charge on any atom is 0.251 e. The third-order valence-electron chi connectivity index (χ3n) is 5.12. The highest BCUT2D eigenvalue weighted by atomic mass is 16.5. The normalized spacial score (nSPS) is 14.2. The molecule has 0 aliphatic heterocycles. The summed E-state index contributed by atoms with van der Waals surface area (Å²) in [6, 6.07) is 15.0. The van der Waals surface area contributed by atoms with Crippen LogP contribution < -0.4 is 20.7 Å². The number of carbonyl (C=O) groups is 2. The van der Waals surface area contributed by atoms with Crippen LogP contribution in [0.25, 0.3) is 0 Å². The van der Waals surface area contributed by atoms with Crippen LogP contribution in [0.4, 0.5) is 5.69 Å². The Bertz CT molecular complexity index is 814. The average molecular weight is 396 g/mol. The van der Waals surface area contributed by atoms with E-state index in [1.807, 2.05) is 24.3 Å². The van der Waals surface area contributed by atoms with E-state index >= 15 is 0 Å². The molecule has 0 unspecified atom stereocenters. The van der Waals surface area contributed by atoms with Gasteiger partial charge in [0.2, 0.25) is 5.91 Å². The Morgan fingerprint density at radius 1 is 1.03 bits per heavy atom. The molecule has 1 aliphatic carbocycles. The number of rotatable bonds is 8. The lowest BCUT2D eigenvalue weighted by Gasteiger charge is -2.22. The zero-order valence-electron chi connectivity index (χ0n) is 16.9. The van der Waals surface area contributed by atoms with E-state index in [4.69, 9.17) is 4.74 Å². The first-order valence-corrected chi connectivity index (χ1v) is 10.2. The van der Waals surface area contributed by atoms with E-state index in [1.54, 1.807) is 31.4 Å². The van der Waals surface area contributed by atoms with Crippen molar-refractivity contribution < 1.29 is 14.3 Å². The highest BCUT2D eigenvalue weighted by molar-refractivity contribution is 5.97. The first kappa shape index (κ1) is 20.9. The van der Waals surface area contributed by atoms with Gasteiger partial charge in [0, 0.05) is 23.8 Å². The Hall–Kier alpha value is -2.86. The lowest BCUT2D eigenvalue weighted by Crippen LogP contribution is -2.36. The van der Waals surface area contributed by atoms with Crippen molar-refractivity contribution in [1.82, 2.24) is 10.6 Å². The summed E-state index contributed by atoms with van der Waals surface area (Å²) in [4.78, 5) is 24.7. The van der Waals surface area contributed by atoms with Gasteiger partial charge >= 0.3 is 0 Å². The maximum absolute atomic E-state index is 12.5. The molecule has 3 rings (SSSR count). The van der Waals surface area contributed by atoms with Crippen LogP contribution in [-0.4, -0.2) is 31.5 Å². The Labute approximate surface area is 172 Å². The fourth-order valence-electron chi connectivity index (χ4n) is 3.52. The topological polar surface area (TPSA) is 79.5 Å². The standard InChI is InChI=1S/C23H29N3O3/c1-29-21-12-10-17(11-13-21)15-24-16-22(27)25-20-9-5-6-18(14-20)23(28)26-19-7-3-2-4-8-19/h5-6,9-14,19,24H,2-4,7-8,15-16H2,1H3,(H,25,27)(H,26,28). The van der Waals surface area contributed by atoms with Crippen LogP contribution in [-0.2, 0) is 11.3 Å². The van der Waals surface area contributed by atoms with E-state index in [1.165, 1.54) is 19.3 Å². The van der Waals surface area contributed by atoms with E-state index < -0.39 is 0 Å². The summed E-state index contributed by atoms with van der Waals surface area (Å²) in [6.45, 7) is 0.770. The number of hydrogen-bond donors (Lipinski definition) is 3. The van der Waals surface area contributed by atoms with Crippen LogP contribution in [0.15, 0.2) is 48.5 Å². The van der Waals surface area contributed by atoms with Gasteiger partial charge in [-0.1, -0.05) is 37.5 Å². The SMILES string of the molecule is COc1ccc(CNCC(=O)Nc2cccc(C(=O)NC3CCCCC3)c2)cc1. The van der Waals surface area contributed by atoms with Crippen molar-refractivity contribution in [3.05, 3.63) is 59.7 Å². The second kappa shape index (κ2) is 10.6. The van der Waals surface area contributed by atoms with E-state index in [2.05, 4.69) is 16.0 Å². The lowest BCUT2D eigenvalue weighted by molar-refractivity contribution is -0.115. The largest absolute Gasteiger partial charge is 0.497 e. The number of benzene rings is 2. The molecule has 0 radical (unpaired) electrons. The Morgan fingerprint density at radius 2 is 1.79 bits per heavy atom. The van der Waals surface area contributed by atoms with Gasteiger partial charge in [-0.25, -0.2) is 0 Å². The highest BCUT2D eigenvalue weighted by Crippen LogP contribution is 2.18. The molecule has 154 valence electrons. The third-order valence-corrected chi connectivity index (χ3v) is 5.12. The van der Waals surface area contributed by atoms with Crippen molar-refractivity contribution in [2.75, 3.05) is 19.0 Å². The Kier molecular flexibility index (Phi) is 7.64. The molecule has 0 aromatic heterocycles. The molecule has 2 amide bonds. The second-order valence-electron chi connectivity index (χ2n) is 7.39. The molecule has 1 saturated carbocycles. The Morgan fingerprint density at radius 3 is 2.52 bits per heavy atom. The van der Waals surface area contributed by atoms with Crippen molar-refractivity contribution in [2.24, 2.45) is 0 Å². The summed E-state index contributed by atoms with van der Waals surface area (Å²) in [5, 5.41) is 9.07. The van der Waals surface area contributed by atoms with Gasteiger partial charge in [0.25, 0.3) is 5.91 Å². The van der Waals surface area contributed by atoms with Gasteiger partial charge in [0.1, 0.15) is 5.75 Å². The summed E-state index contributed by atoms with van der Waals surface area (Å²) < 4.78 is 5.13. The maximum atomic E-state index is 12.5. The van der Waals surface area contributed by atoms with E-state index in [0.717, 1.165) is 24.2 Å². The van der Waals surface area contributed by atoms with Gasteiger partial charge in [-0.05, 0) is 48.7 Å². The molecular weight excluding hydrogens is 366 g/mol. The molecule has 0 heterocycles. The first-order chi connectivity index (χ1) is 14.1. The molecule has 2 aromatic rings. The van der Waals surface area contributed by atoms with Crippen LogP contribution in [0.5, 0.6) is 5.75 Å². The molecule has 0 saturated heterocycles. The summed E-state index contributed by atoms with van der Waals surface area (Å²) in [7, 11) is 1.63. The van der Waals surface area contributed by atoms with Gasteiger partial charge in [-0.3, -0.25) is 9.59 Å². The summed E-state index contributed by atoms with van der Waals surface area (Å²) >= 11 is 0. The smallest absolute Gasteiger partial charge is 0.251 e. The van der Waals surface area contributed by atoms with Gasteiger partial charge in [0.05, 0.1) is 13.7 Å². The van der Waals surface area contributed by atoms with Crippen LogP contribution in [0.2, 0.25) is 0 Å². The fourth-order valence-corrected chi connectivity index (χ4v) is 3.52. The molecule has 3 N–H and O–H groups in total. The molecule has 2 aromatic carbocycles. The number of methoxy groups -OCH3 is 1. The number of carbonyl (C=O) groups excluding carboxylic acids is 2. The van der Waals surface area contributed by atoms with E-state index in [9.17, 15) is 9.59 Å². The summed E-state index contributed by atoms with van der Waals surface area (Å²) in [6.07, 6.45) is 5.68.